The van der Waals surface area contributed by atoms with E-state index in [1.807, 2.05) is 0 Å². The van der Waals surface area contributed by atoms with Crippen molar-refractivity contribution in [1.82, 2.24) is 0 Å². The SMILES string of the molecule is CCCCCCCC.CCCCCCCC.OP(O)(O)=S.OP(O)(O)=S.[Zn]. The summed E-state index contributed by atoms with van der Waals surface area (Å²) >= 11 is 7.21. The summed E-state index contributed by atoms with van der Waals surface area (Å²) in [6.07, 6.45) is 17.0. The summed E-state index contributed by atoms with van der Waals surface area (Å²) in [5.74, 6) is 0. The zero-order valence-corrected chi connectivity index (χ0v) is 24.0. The molecule has 0 aliphatic heterocycles. The summed E-state index contributed by atoms with van der Waals surface area (Å²) in [6.45, 7) is 1.41. The van der Waals surface area contributed by atoms with E-state index in [4.69, 9.17) is 29.4 Å². The zero-order chi connectivity index (χ0) is 21.5. The summed E-state index contributed by atoms with van der Waals surface area (Å²) < 4.78 is 0. The summed E-state index contributed by atoms with van der Waals surface area (Å²) in [5, 5.41) is 0. The minimum atomic E-state index is -3.81. The van der Waals surface area contributed by atoms with Crippen LogP contribution in [-0.2, 0) is 43.1 Å². The Balaban J connectivity index is -0.0000000807. The van der Waals surface area contributed by atoms with Gasteiger partial charge in [-0.2, -0.15) is 0 Å². The Morgan fingerprint density at radius 2 is 0.556 bits per heavy atom. The molecule has 0 amide bonds. The average Bonchev–Trinajstić information content (AvgIpc) is 2.46. The monoisotopic (exact) mass is 520 g/mol. The Hall–Kier alpha value is 1.68. The van der Waals surface area contributed by atoms with Gasteiger partial charge in [-0.25, -0.2) is 0 Å². The Labute approximate surface area is 190 Å². The Morgan fingerprint density at radius 1 is 0.444 bits per heavy atom. The van der Waals surface area contributed by atoms with Gasteiger partial charge in [0, 0.05) is 19.5 Å². The molecule has 166 valence electrons. The van der Waals surface area contributed by atoms with E-state index in [-0.39, 0.29) is 19.5 Å². The molecule has 0 aliphatic rings. The minimum Gasteiger partial charge on any atom is -0.325 e. The second-order valence-corrected chi connectivity index (χ2v) is 10.8. The molecular formula is C16H42O6P2S2Zn. The molecule has 27 heavy (non-hydrogen) atoms. The first kappa shape index (κ1) is 39.2. The van der Waals surface area contributed by atoms with Crippen molar-refractivity contribution in [3.05, 3.63) is 0 Å². The van der Waals surface area contributed by atoms with Crippen LogP contribution in [0.2, 0.25) is 0 Å². The topological polar surface area (TPSA) is 121 Å². The summed E-state index contributed by atoms with van der Waals surface area (Å²) in [7, 11) is 0. The van der Waals surface area contributed by atoms with Gasteiger partial charge in [0.25, 0.3) is 0 Å². The van der Waals surface area contributed by atoms with Gasteiger partial charge in [0.2, 0.25) is 0 Å². The first-order valence-electron chi connectivity index (χ1n) is 9.39. The molecule has 0 atom stereocenters. The maximum absolute atomic E-state index is 7.56. The van der Waals surface area contributed by atoms with Gasteiger partial charge in [-0.3, -0.25) is 0 Å². The summed E-state index contributed by atoms with van der Waals surface area (Å²) in [4.78, 5) is 45.3. The standard InChI is InChI=1S/2C8H18.2H3O3PS.Zn/c2*1-3-5-7-8-6-4-2;2*1-4(2,3)5;/h2*3-8H2,1-2H3;2*(H3,1,2,3,5);. The van der Waals surface area contributed by atoms with Crippen LogP contribution >= 0.6 is 13.4 Å². The zero-order valence-electron chi connectivity index (χ0n) is 17.6. The van der Waals surface area contributed by atoms with Crippen molar-refractivity contribution in [1.29, 1.82) is 0 Å². The molecule has 0 unspecified atom stereocenters. The van der Waals surface area contributed by atoms with Crippen LogP contribution in [-0.4, -0.2) is 29.4 Å². The third-order valence-corrected chi connectivity index (χ3v) is 2.91. The van der Waals surface area contributed by atoms with Crippen LogP contribution in [0.25, 0.3) is 0 Å². The smallest absolute Gasteiger partial charge is 0.319 e. The largest absolute Gasteiger partial charge is 0.325 e. The van der Waals surface area contributed by atoms with Crippen LogP contribution in [0.1, 0.15) is 105 Å². The van der Waals surface area contributed by atoms with Gasteiger partial charge in [-0.1, -0.05) is 105 Å². The van der Waals surface area contributed by atoms with Gasteiger partial charge in [-0.15, -0.1) is 0 Å². The Bertz CT molecular complexity index is 280. The van der Waals surface area contributed by atoms with Crippen molar-refractivity contribution in [2.24, 2.45) is 0 Å². The fourth-order valence-corrected chi connectivity index (χ4v) is 1.71. The molecule has 0 rings (SSSR count). The third kappa shape index (κ3) is 134. The number of hydrogen-bond donors (Lipinski definition) is 6. The van der Waals surface area contributed by atoms with Crippen molar-refractivity contribution in [3.8, 4) is 0 Å². The van der Waals surface area contributed by atoms with E-state index in [1.165, 1.54) is 77.0 Å². The molecular weight excluding hydrogens is 480 g/mol. The molecule has 6 N–H and O–H groups in total. The third-order valence-electron chi connectivity index (χ3n) is 2.91. The Morgan fingerprint density at radius 3 is 0.630 bits per heavy atom. The predicted molar refractivity (Wildman–Crippen MR) is 120 cm³/mol. The quantitative estimate of drug-likeness (QED) is 0.133. The number of unbranched alkanes of at least 4 members (excludes halogenated alkanes) is 10. The second-order valence-electron chi connectivity index (χ2n) is 5.85. The van der Waals surface area contributed by atoms with Crippen molar-refractivity contribution >= 4 is 37.1 Å². The van der Waals surface area contributed by atoms with Crippen LogP contribution in [0.4, 0.5) is 0 Å². The molecule has 0 radical (unpaired) electrons. The second kappa shape index (κ2) is 29.9. The molecule has 0 heterocycles. The molecule has 0 spiro atoms. The van der Waals surface area contributed by atoms with E-state index in [9.17, 15) is 0 Å². The maximum Gasteiger partial charge on any atom is 0.319 e. The summed E-state index contributed by atoms with van der Waals surface area (Å²) in [5.41, 5.74) is 0. The van der Waals surface area contributed by atoms with Gasteiger partial charge < -0.3 is 29.4 Å². The molecule has 0 aromatic heterocycles. The molecule has 0 saturated carbocycles. The predicted octanol–water partition coefficient (Wildman–Crippen LogP) is 5.11. The van der Waals surface area contributed by atoms with Gasteiger partial charge in [0.1, 0.15) is 0 Å². The summed E-state index contributed by atoms with van der Waals surface area (Å²) in [6, 6.07) is 0. The van der Waals surface area contributed by atoms with E-state index in [1.54, 1.807) is 0 Å². The van der Waals surface area contributed by atoms with Gasteiger partial charge in [0.05, 0.1) is 0 Å². The van der Waals surface area contributed by atoms with E-state index in [0.29, 0.717) is 0 Å². The molecule has 0 saturated heterocycles. The van der Waals surface area contributed by atoms with Crippen molar-refractivity contribution in [2.75, 3.05) is 0 Å². The fourth-order valence-electron chi connectivity index (χ4n) is 1.71. The van der Waals surface area contributed by atoms with E-state index >= 15 is 0 Å². The van der Waals surface area contributed by atoms with Crippen LogP contribution < -0.4 is 0 Å². The van der Waals surface area contributed by atoms with Crippen LogP contribution in [0.3, 0.4) is 0 Å². The number of hydrogen-bond acceptors (Lipinski definition) is 2. The van der Waals surface area contributed by atoms with Gasteiger partial charge in [-0.05, 0) is 23.6 Å². The first-order valence-corrected chi connectivity index (χ1v) is 14.7. The normalized spacial score (nSPS) is 10.1. The van der Waals surface area contributed by atoms with Crippen molar-refractivity contribution in [3.63, 3.8) is 0 Å². The number of rotatable bonds is 10. The minimum absolute atomic E-state index is 0. The van der Waals surface area contributed by atoms with Crippen molar-refractivity contribution in [2.45, 2.75) is 105 Å². The van der Waals surface area contributed by atoms with Crippen LogP contribution in [0, 0.1) is 0 Å². The average molecular weight is 522 g/mol. The fraction of sp³-hybridized carbons (Fsp3) is 1.00. The molecule has 0 bridgehead atoms. The molecule has 0 fully saturated rings. The van der Waals surface area contributed by atoms with Gasteiger partial charge >= 0.3 is 13.4 Å². The maximum atomic E-state index is 7.56. The van der Waals surface area contributed by atoms with Crippen LogP contribution in [0.15, 0.2) is 0 Å². The van der Waals surface area contributed by atoms with E-state index < -0.39 is 13.4 Å². The molecule has 0 aromatic rings. The van der Waals surface area contributed by atoms with Crippen molar-refractivity contribution < 1.29 is 48.8 Å². The Kier molecular flexibility index (Phi) is 43.4. The molecule has 11 heteroatoms. The van der Waals surface area contributed by atoms with Crippen LogP contribution in [0.5, 0.6) is 0 Å². The van der Waals surface area contributed by atoms with Gasteiger partial charge in [0.15, 0.2) is 0 Å². The molecule has 0 aliphatic carbocycles. The molecule has 6 nitrogen and oxygen atoms in total. The molecule has 0 aromatic carbocycles. The van der Waals surface area contributed by atoms with E-state index in [2.05, 4.69) is 51.3 Å². The van der Waals surface area contributed by atoms with E-state index in [0.717, 1.165) is 0 Å². The first-order chi connectivity index (χ1) is 11.8.